The molecule has 0 unspecified atom stereocenters. The minimum atomic E-state index is -4.56. The summed E-state index contributed by atoms with van der Waals surface area (Å²) in [7, 11) is 0. The Morgan fingerprint density at radius 3 is 2.65 bits per heavy atom. The van der Waals surface area contributed by atoms with Crippen LogP contribution < -0.4 is 5.73 Å². The van der Waals surface area contributed by atoms with Crippen molar-refractivity contribution in [3.63, 3.8) is 0 Å². The Kier molecular flexibility index (Phi) is 3.98. The highest BCUT2D eigenvalue weighted by Gasteiger charge is 2.31. The molecule has 20 heavy (non-hydrogen) atoms. The number of halogens is 4. The minimum absolute atomic E-state index is 0.0537. The van der Waals surface area contributed by atoms with Crippen LogP contribution in [0.2, 0.25) is 0 Å². The highest BCUT2D eigenvalue weighted by atomic mass is 19.4. The van der Waals surface area contributed by atoms with Crippen molar-refractivity contribution >= 4 is 0 Å². The van der Waals surface area contributed by atoms with E-state index in [1.165, 1.54) is 4.68 Å². The van der Waals surface area contributed by atoms with E-state index in [1.54, 1.807) is 0 Å². The lowest BCUT2D eigenvalue weighted by molar-refractivity contribution is -0.137. The lowest BCUT2D eigenvalue weighted by Crippen LogP contribution is -2.10. The quantitative estimate of drug-likeness (QED) is 0.872. The molecule has 0 bridgehead atoms. The monoisotopic (exact) mass is 289 g/mol. The number of hydrogen-bond acceptors (Lipinski definition) is 4. The molecule has 2 aromatic rings. The fourth-order valence-electron chi connectivity index (χ4n) is 1.66. The van der Waals surface area contributed by atoms with Crippen molar-refractivity contribution in [1.82, 2.24) is 20.2 Å². The van der Waals surface area contributed by atoms with Gasteiger partial charge in [0, 0.05) is 6.54 Å². The lowest BCUT2D eigenvalue weighted by Gasteiger charge is -2.09. The molecule has 5 nitrogen and oxygen atoms in total. The topological polar surface area (TPSA) is 69.6 Å². The maximum Gasteiger partial charge on any atom is 0.416 e. The normalized spacial score (nSPS) is 11.8. The zero-order valence-corrected chi connectivity index (χ0v) is 10.2. The Morgan fingerprint density at radius 2 is 2.00 bits per heavy atom. The molecule has 1 aromatic heterocycles. The molecule has 2 rings (SSSR count). The van der Waals surface area contributed by atoms with Crippen LogP contribution in [-0.2, 0) is 12.7 Å². The maximum absolute atomic E-state index is 13.7. The Hall–Kier alpha value is -2.03. The average Bonchev–Trinajstić information content (AvgIpc) is 2.83. The van der Waals surface area contributed by atoms with Crippen molar-refractivity contribution in [2.45, 2.75) is 19.1 Å². The predicted molar refractivity (Wildman–Crippen MR) is 61.9 cm³/mol. The first kappa shape index (κ1) is 14.4. The minimum Gasteiger partial charge on any atom is -0.330 e. The van der Waals surface area contributed by atoms with Gasteiger partial charge in [0.1, 0.15) is 5.82 Å². The van der Waals surface area contributed by atoms with Gasteiger partial charge in [0.2, 0.25) is 0 Å². The fraction of sp³-hybridized carbons (Fsp3) is 0.364. The largest absolute Gasteiger partial charge is 0.416 e. The van der Waals surface area contributed by atoms with Gasteiger partial charge in [0.15, 0.2) is 5.82 Å². The summed E-state index contributed by atoms with van der Waals surface area (Å²) >= 11 is 0. The van der Waals surface area contributed by atoms with Gasteiger partial charge in [0.05, 0.1) is 11.1 Å². The van der Waals surface area contributed by atoms with Gasteiger partial charge in [0.25, 0.3) is 0 Å². The zero-order chi connectivity index (χ0) is 14.8. The summed E-state index contributed by atoms with van der Waals surface area (Å²) in [5.41, 5.74) is 4.09. The highest BCUT2D eigenvalue weighted by molar-refractivity contribution is 5.57. The van der Waals surface area contributed by atoms with Crippen LogP contribution in [-0.4, -0.2) is 26.8 Å². The molecule has 2 N–H and O–H groups in total. The van der Waals surface area contributed by atoms with Gasteiger partial charge >= 0.3 is 6.18 Å². The molecular weight excluding hydrogens is 278 g/mol. The standard InChI is InChI=1S/C11H11F4N5/c12-9-3-2-7(11(13,14)15)6-8(9)10-17-18-19-20(10)5-1-4-16/h2-3,6H,1,4-5,16H2. The van der Waals surface area contributed by atoms with Crippen LogP contribution in [0.5, 0.6) is 0 Å². The molecule has 0 aliphatic heterocycles. The number of benzene rings is 1. The molecule has 9 heteroatoms. The van der Waals surface area contributed by atoms with E-state index in [2.05, 4.69) is 15.5 Å². The van der Waals surface area contributed by atoms with Gasteiger partial charge in [-0.05, 0) is 41.6 Å². The summed E-state index contributed by atoms with van der Waals surface area (Å²) in [5.74, 6) is -0.871. The van der Waals surface area contributed by atoms with Crippen molar-refractivity contribution in [3.05, 3.63) is 29.6 Å². The van der Waals surface area contributed by atoms with E-state index in [0.29, 0.717) is 31.6 Å². The number of alkyl halides is 3. The van der Waals surface area contributed by atoms with Crippen LogP contribution in [0.15, 0.2) is 18.2 Å². The van der Waals surface area contributed by atoms with Crippen LogP contribution >= 0.6 is 0 Å². The van der Waals surface area contributed by atoms with Gasteiger partial charge in [-0.3, -0.25) is 0 Å². The van der Waals surface area contributed by atoms with Crippen molar-refractivity contribution in [2.24, 2.45) is 5.73 Å². The number of aromatic nitrogens is 4. The number of hydrogen-bond donors (Lipinski definition) is 1. The first-order chi connectivity index (χ1) is 9.43. The number of tetrazole rings is 1. The molecule has 108 valence electrons. The summed E-state index contributed by atoms with van der Waals surface area (Å²) in [6.07, 6.45) is -4.03. The van der Waals surface area contributed by atoms with Gasteiger partial charge in [-0.2, -0.15) is 13.2 Å². The molecule has 0 aliphatic carbocycles. The third-order valence-electron chi connectivity index (χ3n) is 2.64. The summed E-state index contributed by atoms with van der Waals surface area (Å²) in [6.45, 7) is 0.666. The van der Waals surface area contributed by atoms with E-state index in [0.717, 1.165) is 6.07 Å². The zero-order valence-electron chi connectivity index (χ0n) is 10.2. The van der Waals surface area contributed by atoms with Gasteiger partial charge in [-0.15, -0.1) is 5.10 Å². The first-order valence-electron chi connectivity index (χ1n) is 5.77. The number of nitrogens with two attached hydrogens (primary N) is 1. The molecule has 0 saturated heterocycles. The molecule has 0 amide bonds. The molecule has 0 saturated carbocycles. The Balaban J connectivity index is 2.44. The number of aryl methyl sites for hydroxylation is 1. The van der Waals surface area contributed by atoms with Crippen molar-refractivity contribution < 1.29 is 17.6 Å². The summed E-state index contributed by atoms with van der Waals surface area (Å²) < 4.78 is 52.9. The second-order valence-electron chi connectivity index (χ2n) is 4.06. The molecule has 0 spiro atoms. The summed E-state index contributed by atoms with van der Waals surface area (Å²) in [6, 6.07) is 2.12. The Morgan fingerprint density at radius 1 is 1.25 bits per heavy atom. The smallest absolute Gasteiger partial charge is 0.330 e. The van der Waals surface area contributed by atoms with Crippen molar-refractivity contribution in [1.29, 1.82) is 0 Å². The Labute approximate surface area is 111 Å². The predicted octanol–water partition coefficient (Wildman–Crippen LogP) is 1.85. The van der Waals surface area contributed by atoms with Gasteiger partial charge in [-0.1, -0.05) is 0 Å². The van der Waals surface area contributed by atoms with Crippen LogP contribution in [0.3, 0.4) is 0 Å². The molecule has 0 atom stereocenters. The summed E-state index contributed by atoms with van der Waals surface area (Å²) in [5, 5.41) is 10.6. The number of rotatable bonds is 4. The number of nitrogens with zero attached hydrogens (tertiary/aromatic N) is 4. The lowest BCUT2D eigenvalue weighted by atomic mass is 10.1. The average molecular weight is 289 g/mol. The van der Waals surface area contributed by atoms with E-state index in [1.807, 2.05) is 0 Å². The maximum atomic E-state index is 13.7. The van der Waals surface area contributed by atoms with Crippen LogP contribution in [0.1, 0.15) is 12.0 Å². The van der Waals surface area contributed by atoms with E-state index >= 15 is 0 Å². The van der Waals surface area contributed by atoms with E-state index in [4.69, 9.17) is 5.73 Å². The van der Waals surface area contributed by atoms with E-state index in [9.17, 15) is 17.6 Å². The SMILES string of the molecule is NCCCn1nnnc1-c1cc(C(F)(F)F)ccc1F. The van der Waals surface area contributed by atoms with Crippen LogP contribution in [0, 0.1) is 5.82 Å². The third kappa shape index (κ3) is 2.93. The highest BCUT2D eigenvalue weighted by Crippen LogP contribution is 2.32. The van der Waals surface area contributed by atoms with Crippen LogP contribution in [0.25, 0.3) is 11.4 Å². The van der Waals surface area contributed by atoms with Crippen molar-refractivity contribution in [2.75, 3.05) is 6.54 Å². The molecule has 0 radical (unpaired) electrons. The van der Waals surface area contributed by atoms with Crippen molar-refractivity contribution in [3.8, 4) is 11.4 Å². The first-order valence-corrected chi connectivity index (χ1v) is 5.77. The molecule has 1 heterocycles. The second-order valence-corrected chi connectivity index (χ2v) is 4.06. The second kappa shape index (κ2) is 5.53. The molecule has 0 fully saturated rings. The molecular formula is C11H11F4N5. The fourth-order valence-corrected chi connectivity index (χ4v) is 1.66. The van der Waals surface area contributed by atoms with Crippen LogP contribution in [0.4, 0.5) is 17.6 Å². The van der Waals surface area contributed by atoms with E-state index in [-0.39, 0.29) is 11.4 Å². The Bertz CT molecular complexity index is 593. The third-order valence-corrected chi connectivity index (χ3v) is 2.64. The van der Waals surface area contributed by atoms with E-state index < -0.39 is 17.6 Å². The summed E-state index contributed by atoms with van der Waals surface area (Å²) in [4.78, 5) is 0. The van der Waals surface area contributed by atoms with Gasteiger partial charge < -0.3 is 5.73 Å². The molecule has 1 aromatic carbocycles. The molecule has 0 aliphatic rings. The van der Waals surface area contributed by atoms with Gasteiger partial charge in [-0.25, -0.2) is 9.07 Å².